The van der Waals surface area contributed by atoms with Crippen molar-refractivity contribution in [1.82, 2.24) is 4.90 Å². The van der Waals surface area contributed by atoms with E-state index in [2.05, 4.69) is 36.7 Å². The molecule has 1 fully saturated rings. The fourth-order valence-corrected chi connectivity index (χ4v) is 2.96. The first-order valence-corrected chi connectivity index (χ1v) is 7.00. The highest BCUT2D eigenvalue weighted by molar-refractivity contribution is 9.09. The second-order valence-corrected chi connectivity index (χ2v) is 5.83. The molecular formula is C12H22BrNO. The Morgan fingerprint density at radius 1 is 1.53 bits per heavy atom. The molecule has 0 aromatic heterocycles. The normalized spacial score (nSPS) is 24.1. The molecule has 0 aliphatic heterocycles. The molecular weight excluding hydrogens is 254 g/mol. The fourth-order valence-electron chi connectivity index (χ4n) is 2.53. The Kier molecular flexibility index (Phi) is 4.63. The Morgan fingerprint density at radius 3 is 2.60 bits per heavy atom. The van der Waals surface area contributed by atoms with Crippen molar-refractivity contribution in [3.63, 3.8) is 0 Å². The van der Waals surface area contributed by atoms with Crippen LogP contribution in [0.15, 0.2) is 0 Å². The molecule has 15 heavy (non-hydrogen) atoms. The Hall–Kier alpha value is -0.0500. The summed E-state index contributed by atoms with van der Waals surface area (Å²) in [6.45, 7) is 8.18. The highest BCUT2D eigenvalue weighted by atomic mass is 79.9. The van der Waals surface area contributed by atoms with Gasteiger partial charge in [-0.25, -0.2) is 0 Å². The SMILES string of the molecule is CCN(CCBr)C(=O)C1CCCC1(C)C. The average Bonchev–Trinajstić information content (AvgIpc) is 2.53. The average molecular weight is 276 g/mol. The summed E-state index contributed by atoms with van der Waals surface area (Å²) in [5.41, 5.74) is 0.205. The van der Waals surface area contributed by atoms with Gasteiger partial charge in [-0.15, -0.1) is 0 Å². The van der Waals surface area contributed by atoms with Crippen LogP contribution >= 0.6 is 15.9 Å². The molecule has 0 aromatic rings. The maximum atomic E-state index is 12.3. The van der Waals surface area contributed by atoms with Crippen LogP contribution in [-0.4, -0.2) is 29.2 Å². The lowest BCUT2D eigenvalue weighted by atomic mass is 9.81. The lowest BCUT2D eigenvalue weighted by Crippen LogP contribution is -2.40. The van der Waals surface area contributed by atoms with Crippen molar-refractivity contribution in [2.45, 2.75) is 40.0 Å². The van der Waals surface area contributed by atoms with E-state index < -0.39 is 0 Å². The van der Waals surface area contributed by atoms with Gasteiger partial charge in [0.05, 0.1) is 0 Å². The minimum Gasteiger partial charge on any atom is -0.342 e. The van der Waals surface area contributed by atoms with Crippen LogP contribution in [0.5, 0.6) is 0 Å². The van der Waals surface area contributed by atoms with Crippen molar-refractivity contribution >= 4 is 21.8 Å². The van der Waals surface area contributed by atoms with E-state index in [1.165, 1.54) is 12.8 Å². The molecule has 1 aliphatic rings. The summed E-state index contributed by atoms with van der Waals surface area (Å²) < 4.78 is 0. The number of hydrogen-bond acceptors (Lipinski definition) is 1. The van der Waals surface area contributed by atoms with E-state index >= 15 is 0 Å². The highest BCUT2D eigenvalue weighted by Crippen LogP contribution is 2.43. The predicted octanol–water partition coefficient (Wildman–Crippen LogP) is 3.06. The molecule has 1 rings (SSSR count). The van der Waals surface area contributed by atoms with Crippen molar-refractivity contribution in [3.05, 3.63) is 0 Å². The van der Waals surface area contributed by atoms with E-state index in [0.717, 1.165) is 24.8 Å². The molecule has 1 aliphatic carbocycles. The number of carbonyl (C=O) groups excluding carboxylic acids is 1. The molecule has 2 nitrogen and oxygen atoms in total. The second-order valence-electron chi connectivity index (χ2n) is 5.04. The minimum atomic E-state index is 0.205. The summed E-state index contributed by atoms with van der Waals surface area (Å²) >= 11 is 3.40. The van der Waals surface area contributed by atoms with Gasteiger partial charge in [0.15, 0.2) is 0 Å². The molecule has 1 saturated carbocycles. The van der Waals surface area contributed by atoms with E-state index in [-0.39, 0.29) is 11.3 Å². The fraction of sp³-hybridized carbons (Fsp3) is 0.917. The Balaban J connectivity index is 2.66. The smallest absolute Gasteiger partial charge is 0.226 e. The van der Waals surface area contributed by atoms with E-state index in [1.807, 2.05) is 4.90 Å². The maximum Gasteiger partial charge on any atom is 0.226 e. The van der Waals surface area contributed by atoms with Crippen molar-refractivity contribution in [2.24, 2.45) is 11.3 Å². The second kappa shape index (κ2) is 5.33. The van der Waals surface area contributed by atoms with Crippen molar-refractivity contribution in [2.75, 3.05) is 18.4 Å². The standard InChI is InChI=1S/C12H22BrNO/c1-4-14(9-8-13)11(15)10-6-5-7-12(10,2)3/h10H,4-9H2,1-3H3. The van der Waals surface area contributed by atoms with Crippen LogP contribution in [-0.2, 0) is 4.79 Å². The van der Waals surface area contributed by atoms with E-state index in [4.69, 9.17) is 0 Å². The molecule has 0 bridgehead atoms. The van der Waals surface area contributed by atoms with Crippen LogP contribution in [0.1, 0.15) is 40.0 Å². The third-order valence-corrected chi connectivity index (χ3v) is 3.96. The molecule has 1 unspecified atom stereocenters. The molecule has 1 atom stereocenters. The molecule has 0 radical (unpaired) electrons. The zero-order valence-corrected chi connectivity index (χ0v) is 11.6. The molecule has 3 heteroatoms. The van der Waals surface area contributed by atoms with Gasteiger partial charge in [0.2, 0.25) is 5.91 Å². The molecule has 88 valence electrons. The number of carbonyl (C=O) groups is 1. The van der Waals surface area contributed by atoms with Gasteiger partial charge in [0, 0.05) is 24.3 Å². The quantitative estimate of drug-likeness (QED) is 0.723. The molecule has 0 aromatic carbocycles. The Morgan fingerprint density at radius 2 is 2.20 bits per heavy atom. The van der Waals surface area contributed by atoms with Gasteiger partial charge in [-0.2, -0.15) is 0 Å². The molecule has 0 spiro atoms. The zero-order chi connectivity index (χ0) is 11.5. The van der Waals surface area contributed by atoms with E-state index in [0.29, 0.717) is 5.91 Å². The van der Waals surface area contributed by atoms with Crippen LogP contribution in [0.25, 0.3) is 0 Å². The van der Waals surface area contributed by atoms with Crippen LogP contribution in [0.2, 0.25) is 0 Å². The van der Waals surface area contributed by atoms with Crippen LogP contribution < -0.4 is 0 Å². The largest absolute Gasteiger partial charge is 0.342 e. The van der Waals surface area contributed by atoms with Crippen molar-refractivity contribution < 1.29 is 4.79 Å². The van der Waals surface area contributed by atoms with Gasteiger partial charge in [-0.3, -0.25) is 4.79 Å². The minimum absolute atomic E-state index is 0.205. The topological polar surface area (TPSA) is 20.3 Å². The number of nitrogens with zero attached hydrogens (tertiary/aromatic N) is 1. The van der Waals surface area contributed by atoms with Gasteiger partial charge < -0.3 is 4.90 Å². The van der Waals surface area contributed by atoms with Gasteiger partial charge in [-0.05, 0) is 25.2 Å². The van der Waals surface area contributed by atoms with Crippen molar-refractivity contribution in [3.8, 4) is 0 Å². The van der Waals surface area contributed by atoms with Gasteiger partial charge in [-0.1, -0.05) is 36.2 Å². The lowest BCUT2D eigenvalue weighted by Gasteiger charge is -2.31. The van der Waals surface area contributed by atoms with Crippen LogP contribution in [0.4, 0.5) is 0 Å². The number of amides is 1. The van der Waals surface area contributed by atoms with Crippen molar-refractivity contribution in [1.29, 1.82) is 0 Å². The predicted molar refractivity (Wildman–Crippen MR) is 67.2 cm³/mol. The summed E-state index contributed by atoms with van der Waals surface area (Å²) in [5, 5.41) is 0.875. The van der Waals surface area contributed by atoms with E-state index in [1.54, 1.807) is 0 Å². The summed E-state index contributed by atoms with van der Waals surface area (Å²) in [7, 11) is 0. The summed E-state index contributed by atoms with van der Waals surface area (Å²) in [6.07, 6.45) is 3.47. The third kappa shape index (κ3) is 2.96. The van der Waals surface area contributed by atoms with Crippen LogP contribution in [0, 0.1) is 11.3 Å². The molecule has 0 heterocycles. The molecule has 0 saturated heterocycles. The summed E-state index contributed by atoms with van der Waals surface area (Å²) in [6, 6.07) is 0. The zero-order valence-electron chi connectivity index (χ0n) is 10.1. The first kappa shape index (κ1) is 13.0. The van der Waals surface area contributed by atoms with Gasteiger partial charge in [0.25, 0.3) is 0 Å². The third-order valence-electron chi connectivity index (χ3n) is 3.60. The Bertz CT molecular complexity index is 228. The number of hydrogen-bond donors (Lipinski definition) is 0. The number of rotatable bonds is 4. The molecule has 0 N–H and O–H groups in total. The maximum absolute atomic E-state index is 12.3. The number of alkyl halides is 1. The first-order chi connectivity index (χ1) is 7.03. The van der Waals surface area contributed by atoms with E-state index in [9.17, 15) is 4.79 Å². The Labute approximate surface area is 102 Å². The van der Waals surface area contributed by atoms with Gasteiger partial charge >= 0.3 is 0 Å². The van der Waals surface area contributed by atoms with Crippen LogP contribution in [0.3, 0.4) is 0 Å². The molecule has 1 amide bonds. The van der Waals surface area contributed by atoms with Gasteiger partial charge in [0.1, 0.15) is 0 Å². The lowest BCUT2D eigenvalue weighted by molar-refractivity contribution is -0.137. The summed E-state index contributed by atoms with van der Waals surface area (Å²) in [4.78, 5) is 14.3. The highest BCUT2D eigenvalue weighted by Gasteiger charge is 2.40. The monoisotopic (exact) mass is 275 g/mol. The number of halogens is 1. The summed E-state index contributed by atoms with van der Waals surface area (Å²) in [5.74, 6) is 0.607. The first-order valence-electron chi connectivity index (χ1n) is 5.87.